The van der Waals surface area contributed by atoms with Crippen LogP contribution in [0.3, 0.4) is 0 Å². The lowest BCUT2D eigenvalue weighted by Gasteiger charge is -2.19. The normalized spacial score (nSPS) is 16.6. The lowest BCUT2D eigenvalue weighted by molar-refractivity contribution is -0.118. The van der Waals surface area contributed by atoms with Gasteiger partial charge in [0.2, 0.25) is 6.41 Å². The third-order valence-corrected chi connectivity index (χ3v) is 3.86. The fraction of sp³-hybridized carbons (Fsp3) is 0.286. The van der Waals surface area contributed by atoms with Crippen molar-refractivity contribution in [1.82, 2.24) is 4.90 Å². The smallest absolute Gasteiger partial charge is 0.210 e. The summed E-state index contributed by atoms with van der Waals surface area (Å²) in [6, 6.07) is 14.0. The van der Waals surface area contributed by atoms with Crippen molar-refractivity contribution in [1.29, 1.82) is 0 Å². The van der Waals surface area contributed by atoms with E-state index < -0.39 is 0 Å². The molecule has 0 aliphatic carbocycles. The van der Waals surface area contributed by atoms with Crippen LogP contribution in [0.1, 0.15) is 37.9 Å². The van der Waals surface area contributed by atoms with Crippen molar-refractivity contribution in [2.45, 2.75) is 32.4 Å². The molecule has 0 fully saturated rings. The summed E-state index contributed by atoms with van der Waals surface area (Å²) >= 11 is 5.94. The van der Waals surface area contributed by atoms with Gasteiger partial charge in [-0.1, -0.05) is 48.0 Å². The lowest BCUT2D eigenvalue weighted by Crippen LogP contribution is -2.26. The van der Waals surface area contributed by atoms with Crippen LogP contribution in [0, 0.1) is 5.82 Å². The minimum absolute atomic E-state index is 0. The third-order valence-electron chi connectivity index (χ3n) is 3.62. The molecule has 0 saturated heterocycles. The molecule has 1 atom stereocenters. The highest BCUT2D eigenvalue weighted by Gasteiger charge is 2.26. The summed E-state index contributed by atoms with van der Waals surface area (Å²) in [4.78, 5) is 12.9. The van der Waals surface area contributed by atoms with Gasteiger partial charge in [-0.3, -0.25) is 4.79 Å². The Balaban J connectivity index is 0.000000431. The molecule has 138 valence electrons. The van der Waals surface area contributed by atoms with E-state index in [1.807, 2.05) is 57.2 Å². The van der Waals surface area contributed by atoms with Crippen LogP contribution in [-0.2, 0) is 4.79 Å². The highest BCUT2D eigenvalue weighted by molar-refractivity contribution is 6.30. The molecular weight excluding hydrogens is 351 g/mol. The second-order valence-electron chi connectivity index (χ2n) is 7.32. The van der Waals surface area contributed by atoms with Gasteiger partial charge in [0.15, 0.2) is 0 Å². The Bertz CT molecular complexity index is 778. The summed E-state index contributed by atoms with van der Waals surface area (Å²) in [6.45, 7) is 6.27. The first-order chi connectivity index (χ1) is 12.2. The van der Waals surface area contributed by atoms with Crippen molar-refractivity contribution in [3.8, 4) is 0 Å². The van der Waals surface area contributed by atoms with Crippen molar-refractivity contribution in [3.05, 3.63) is 76.6 Å². The lowest BCUT2D eigenvalue weighted by atomic mass is 10.0. The predicted octanol–water partition coefficient (Wildman–Crippen LogP) is 4.82. The van der Waals surface area contributed by atoms with Crippen LogP contribution in [0.15, 0.2) is 54.6 Å². The zero-order valence-electron chi connectivity index (χ0n) is 15.2. The van der Waals surface area contributed by atoms with Gasteiger partial charge in [-0.05, 0) is 50.1 Å². The summed E-state index contributed by atoms with van der Waals surface area (Å²) in [6.07, 6.45) is 2.71. The van der Waals surface area contributed by atoms with Crippen LogP contribution in [0.4, 0.5) is 4.39 Å². The summed E-state index contributed by atoms with van der Waals surface area (Å²) in [5.41, 5.74) is 7.58. The predicted molar refractivity (Wildman–Crippen MR) is 105 cm³/mol. The second-order valence-corrected chi connectivity index (χ2v) is 7.75. The molecule has 0 spiro atoms. The standard InChI is InChI=1S/C17H13ClFNO.C4H11N/c18-14-6-7-16(19)15(9-14)13-8-17(20(10-13)11-21)12-4-2-1-3-5-12;1-4(2,3)5/h1-9,11,17H,10H2;5H2,1-3H3. The Morgan fingerprint density at radius 3 is 2.38 bits per heavy atom. The minimum atomic E-state index is -0.329. The van der Waals surface area contributed by atoms with Crippen molar-refractivity contribution in [2.75, 3.05) is 6.54 Å². The molecule has 0 bridgehead atoms. The van der Waals surface area contributed by atoms with E-state index in [4.69, 9.17) is 17.3 Å². The molecular formula is C21H24ClFN2O. The number of amides is 1. The van der Waals surface area contributed by atoms with Crippen molar-refractivity contribution >= 4 is 23.6 Å². The molecule has 2 N–H and O–H groups in total. The average Bonchev–Trinajstić information content (AvgIpc) is 3.00. The maximum Gasteiger partial charge on any atom is 0.210 e. The largest absolute Gasteiger partial charge is 0.330 e. The van der Waals surface area contributed by atoms with Gasteiger partial charge in [0.1, 0.15) is 5.82 Å². The molecule has 3 rings (SSSR count). The maximum absolute atomic E-state index is 14.0. The van der Waals surface area contributed by atoms with Crippen LogP contribution >= 0.6 is 11.6 Å². The Hall–Kier alpha value is -2.17. The SMILES string of the molecule is CC(C)(C)N.O=CN1CC(c2cc(Cl)ccc2F)=CC1c1ccccc1. The first-order valence-electron chi connectivity index (χ1n) is 8.40. The van der Waals surface area contributed by atoms with E-state index in [1.165, 1.54) is 12.1 Å². The summed E-state index contributed by atoms with van der Waals surface area (Å²) in [5, 5.41) is 0.480. The van der Waals surface area contributed by atoms with E-state index in [1.54, 1.807) is 11.0 Å². The molecule has 0 radical (unpaired) electrons. The van der Waals surface area contributed by atoms with E-state index in [0.717, 1.165) is 17.5 Å². The molecule has 1 aliphatic rings. The number of carbonyl (C=O) groups excluding carboxylic acids is 1. The van der Waals surface area contributed by atoms with Gasteiger partial charge in [-0.25, -0.2) is 4.39 Å². The van der Waals surface area contributed by atoms with E-state index in [9.17, 15) is 9.18 Å². The van der Waals surface area contributed by atoms with Crippen molar-refractivity contribution in [2.24, 2.45) is 5.73 Å². The molecule has 1 heterocycles. The van der Waals surface area contributed by atoms with Crippen LogP contribution in [0.2, 0.25) is 5.02 Å². The van der Waals surface area contributed by atoms with Crippen LogP contribution in [-0.4, -0.2) is 23.4 Å². The van der Waals surface area contributed by atoms with E-state index in [-0.39, 0.29) is 17.4 Å². The number of hydrogen-bond donors (Lipinski definition) is 1. The van der Waals surface area contributed by atoms with E-state index >= 15 is 0 Å². The molecule has 2 aromatic rings. The molecule has 0 aromatic heterocycles. The van der Waals surface area contributed by atoms with E-state index in [0.29, 0.717) is 17.1 Å². The van der Waals surface area contributed by atoms with Crippen LogP contribution < -0.4 is 5.73 Å². The number of nitrogens with two attached hydrogens (primary N) is 1. The Morgan fingerprint density at radius 2 is 1.81 bits per heavy atom. The fourth-order valence-electron chi connectivity index (χ4n) is 2.59. The van der Waals surface area contributed by atoms with Crippen LogP contribution in [0.5, 0.6) is 0 Å². The Labute approximate surface area is 159 Å². The zero-order chi connectivity index (χ0) is 19.3. The highest BCUT2D eigenvalue weighted by atomic mass is 35.5. The molecule has 26 heavy (non-hydrogen) atoms. The Morgan fingerprint density at radius 1 is 1.19 bits per heavy atom. The molecule has 1 unspecified atom stereocenters. The zero-order valence-corrected chi connectivity index (χ0v) is 16.0. The first kappa shape index (κ1) is 20.1. The van der Waals surface area contributed by atoms with Gasteiger partial charge >= 0.3 is 0 Å². The topological polar surface area (TPSA) is 46.3 Å². The summed E-state index contributed by atoms with van der Waals surface area (Å²) < 4.78 is 14.0. The second kappa shape index (κ2) is 8.47. The average molecular weight is 375 g/mol. The third kappa shape index (κ3) is 5.68. The number of carbonyl (C=O) groups is 1. The summed E-state index contributed by atoms with van der Waals surface area (Å²) in [5.74, 6) is -0.329. The molecule has 1 aliphatic heterocycles. The van der Waals surface area contributed by atoms with Gasteiger partial charge in [0.05, 0.1) is 6.04 Å². The van der Waals surface area contributed by atoms with Gasteiger partial charge in [0, 0.05) is 22.7 Å². The Kier molecular flexibility index (Phi) is 6.57. The molecule has 5 heteroatoms. The molecule has 3 nitrogen and oxygen atoms in total. The molecule has 0 saturated carbocycles. The van der Waals surface area contributed by atoms with Gasteiger partial charge in [0.25, 0.3) is 0 Å². The monoisotopic (exact) mass is 374 g/mol. The first-order valence-corrected chi connectivity index (χ1v) is 8.78. The van der Waals surface area contributed by atoms with Gasteiger partial charge < -0.3 is 10.6 Å². The highest BCUT2D eigenvalue weighted by Crippen LogP contribution is 2.35. The van der Waals surface area contributed by atoms with Crippen molar-refractivity contribution < 1.29 is 9.18 Å². The fourth-order valence-corrected chi connectivity index (χ4v) is 2.77. The minimum Gasteiger partial charge on any atom is -0.330 e. The number of rotatable bonds is 3. The maximum atomic E-state index is 14.0. The molecule has 1 amide bonds. The van der Waals surface area contributed by atoms with Gasteiger partial charge in [-0.2, -0.15) is 0 Å². The van der Waals surface area contributed by atoms with Crippen LogP contribution in [0.25, 0.3) is 5.57 Å². The van der Waals surface area contributed by atoms with Crippen molar-refractivity contribution in [3.63, 3.8) is 0 Å². The number of nitrogens with zero attached hydrogens (tertiary/aromatic N) is 1. The number of benzene rings is 2. The quantitative estimate of drug-likeness (QED) is 0.783. The van der Waals surface area contributed by atoms with E-state index in [2.05, 4.69) is 0 Å². The number of halogens is 2. The van der Waals surface area contributed by atoms with Gasteiger partial charge in [-0.15, -0.1) is 0 Å². The summed E-state index contributed by atoms with van der Waals surface area (Å²) in [7, 11) is 0. The molecule has 2 aromatic carbocycles. The number of hydrogen-bond acceptors (Lipinski definition) is 2.